The van der Waals surface area contributed by atoms with Gasteiger partial charge in [0.1, 0.15) is 0 Å². The molecule has 0 aliphatic carbocycles. The fourth-order valence-corrected chi connectivity index (χ4v) is 1.97. The van der Waals surface area contributed by atoms with Crippen LogP contribution in [0.1, 0.15) is 19.8 Å². The third kappa shape index (κ3) is 4.03. The molecule has 7 heteroatoms. The molecule has 0 aromatic carbocycles. The monoisotopic (exact) mass is 266 g/mol. The maximum Gasteiger partial charge on any atom is 0.243 e. The van der Waals surface area contributed by atoms with Crippen LogP contribution in [0.2, 0.25) is 0 Å². The quantitative estimate of drug-likeness (QED) is 0.651. The molecule has 0 spiro atoms. The predicted octanol–water partition coefficient (Wildman–Crippen LogP) is -0.905. The summed E-state index contributed by atoms with van der Waals surface area (Å²) >= 11 is 0. The first-order chi connectivity index (χ1) is 8.99. The van der Waals surface area contributed by atoms with E-state index in [9.17, 15) is 14.4 Å². The maximum atomic E-state index is 11.9. The molecule has 19 heavy (non-hydrogen) atoms. The summed E-state index contributed by atoms with van der Waals surface area (Å²) in [7, 11) is 1.60. The van der Waals surface area contributed by atoms with Crippen molar-refractivity contribution in [3.8, 4) is 6.07 Å². The SMILES string of the molecule is CCC1C(=O)NC(=O)CN1CC(=O)N(C)CCC#N. The summed E-state index contributed by atoms with van der Waals surface area (Å²) in [6.07, 6.45) is 0.799. The highest BCUT2D eigenvalue weighted by Crippen LogP contribution is 2.09. The van der Waals surface area contributed by atoms with Crippen LogP contribution in [0, 0.1) is 11.3 Å². The second-order valence-corrected chi connectivity index (χ2v) is 4.46. The summed E-state index contributed by atoms with van der Waals surface area (Å²) in [5, 5.41) is 10.7. The van der Waals surface area contributed by atoms with Crippen molar-refractivity contribution < 1.29 is 14.4 Å². The molecule has 0 aromatic rings. The molecule has 1 N–H and O–H groups in total. The number of hydrogen-bond donors (Lipinski definition) is 1. The highest BCUT2D eigenvalue weighted by atomic mass is 16.2. The first-order valence-corrected chi connectivity index (χ1v) is 6.18. The van der Waals surface area contributed by atoms with Gasteiger partial charge in [0.2, 0.25) is 17.7 Å². The van der Waals surface area contributed by atoms with Crippen LogP contribution in [0.4, 0.5) is 0 Å². The first kappa shape index (κ1) is 15.1. The van der Waals surface area contributed by atoms with E-state index in [1.54, 1.807) is 11.9 Å². The van der Waals surface area contributed by atoms with Crippen molar-refractivity contribution in [1.29, 1.82) is 5.26 Å². The maximum absolute atomic E-state index is 11.9. The molecular formula is C12H18N4O3. The molecule has 0 radical (unpaired) electrons. The number of piperazine rings is 1. The third-order valence-electron chi connectivity index (χ3n) is 3.06. The highest BCUT2D eigenvalue weighted by Gasteiger charge is 2.33. The van der Waals surface area contributed by atoms with Gasteiger partial charge in [-0.3, -0.25) is 24.6 Å². The van der Waals surface area contributed by atoms with Gasteiger partial charge < -0.3 is 4.90 Å². The van der Waals surface area contributed by atoms with Crippen LogP contribution < -0.4 is 5.32 Å². The van der Waals surface area contributed by atoms with E-state index in [-0.39, 0.29) is 37.2 Å². The third-order valence-corrected chi connectivity index (χ3v) is 3.06. The Labute approximate surface area is 112 Å². The average Bonchev–Trinajstić information content (AvgIpc) is 2.35. The standard InChI is InChI=1S/C12H18N4O3/c1-3-9-12(19)14-10(17)7-16(9)8-11(18)15(2)6-4-5-13/h9H,3-4,6-8H2,1-2H3,(H,14,17,19). The number of imide groups is 1. The second-order valence-electron chi connectivity index (χ2n) is 4.46. The van der Waals surface area contributed by atoms with Crippen LogP contribution in [0.3, 0.4) is 0 Å². The molecule has 0 aromatic heterocycles. The lowest BCUT2D eigenvalue weighted by atomic mass is 10.1. The Hall–Kier alpha value is -1.94. The number of nitriles is 1. The predicted molar refractivity (Wildman–Crippen MR) is 66.7 cm³/mol. The van der Waals surface area contributed by atoms with Crippen LogP contribution in [-0.2, 0) is 14.4 Å². The Balaban J connectivity index is 2.62. The fraction of sp³-hybridized carbons (Fsp3) is 0.667. The van der Waals surface area contributed by atoms with Gasteiger partial charge in [-0.05, 0) is 6.42 Å². The van der Waals surface area contributed by atoms with Crippen molar-refractivity contribution in [3.05, 3.63) is 0 Å². The van der Waals surface area contributed by atoms with E-state index in [2.05, 4.69) is 5.32 Å². The zero-order valence-corrected chi connectivity index (χ0v) is 11.2. The Morgan fingerprint density at radius 2 is 2.26 bits per heavy atom. The summed E-state index contributed by atoms with van der Waals surface area (Å²) in [5.41, 5.74) is 0. The Kier molecular flexibility index (Phi) is 5.45. The first-order valence-electron chi connectivity index (χ1n) is 6.18. The average molecular weight is 266 g/mol. The van der Waals surface area contributed by atoms with E-state index in [0.717, 1.165) is 0 Å². The molecule has 1 fully saturated rings. The Bertz CT molecular complexity index is 416. The van der Waals surface area contributed by atoms with Gasteiger partial charge in [0.05, 0.1) is 31.6 Å². The fourth-order valence-electron chi connectivity index (χ4n) is 1.97. The lowest BCUT2D eigenvalue weighted by Gasteiger charge is -2.33. The normalized spacial score (nSPS) is 19.7. The molecule has 1 saturated heterocycles. The zero-order chi connectivity index (χ0) is 14.4. The Morgan fingerprint density at radius 1 is 1.58 bits per heavy atom. The number of rotatable bonds is 5. The summed E-state index contributed by atoms with van der Waals surface area (Å²) in [4.78, 5) is 37.9. The van der Waals surface area contributed by atoms with Crippen molar-refractivity contribution in [3.63, 3.8) is 0 Å². The van der Waals surface area contributed by atoms with Crippen molar-refractivity contribution >= 4 is 17.7 Å². The second kappa shape index (κ2) is 6.85. The van der Waals surface area contributed by atoms with Gasteiger partial charge in [0.25, 0.3) is 0 Å². The van der Waals surface area contributed by atoms with Gasteiger partial charge in [-0.25, -0.2) is 0 Å². The van der Waals surface area contributed by atoms with Gasteiger partial charge >= 0.3 is 0 Å². The molecule has 7 nitrogen and oxygen atoms in total. The van der Waals surface area contributed by atoms with Crippen molar-refractivity contribution in [2.75, 3.05) is 26.7 Å². The molecule has 0 bridgehead atoms. The molecule has 3 amide bonds. The number of likely N-dealkylation sites (N-methyl/N-ethyl adjacent to an activating group) is 1. The van der Waals surface area contributed by atoms with Crippen LogP contribution in [-0.4, -0.2) is 60.2 Å². The van der Waals surface area contributed by atoms with Gasteiger partial charge in [-0.2, -0.15) is 5.26 Å². The highest BCUT2D eigenvalue weighted by molar-refractivity contribution is 6.01. The number of nitrogens with one attached hydrogen (secondary N) is 1. The summed E-state index contributed by atoms with van der Waals surface area (Å²) in [6.45, 7) is 2.23. The Morgan fingerprint density at radius 3 is 2.84 bits per heavy atom. The minimum absolute atomic E-state index is 0.0135. The minimum atomic E-state index is -0.453. The molecule has 1 unspecified atom stereocenters. The van der Waals surface area contributed by atoms with E-state index in [1.807, 2.05) is 13.0 Å². The number of hydrogen-bond acceptors (Lipinski definition) is 5. The molecule has 0 saturated carbocycles. The lowest BCUT2D eigenvalue weighted by molar-refractivity contribution is -0.142. The largest absolute Gasteiger partial charge is 0.344 e. The van der Waals surface area contributed by atoms with Crippen LogP contribution in [0.15, 0.2) is 0 Å². The van der Waals surface area contributed by atoms with Crippen molar-refractivity contribution in [2.24, 2.45) is 0 Å². The lowest BCUT2D eigenvalue weighted by Crippen LogP contribution is -2.59. The van der Waals surface area contributed by atoms with Gasteiger partial charge in [-0.15, -0.1) is 0 Å². The molecule has 1 heterocycles. The number of nitrogens with zero attached hydrogens (tertiary/aromatic N) is 3. The van der Waals surface area contributed by atoms with Crippen LogP contribution in [0.25, 0.3) is 0 Å². The molecule has 1 rings (SSSR count). The van der Waals surface area contributed by atoms with Gasteiger partial charge in [0, 0.05) is 13.6 Å². The smallest absolute Gasteiger partial charge is 0.243 e. The van der Waals surface area contributed by atoms with Crippen LogP contribution >= 0.6 is 0 Å². The summed E-state index contributed by atoms with van der Waals surface area (Å²) in [5.74, 6) is -0.940. The van der Waals surface area contributed by atoms with E-state index in [1.165, 1.54) is 4.90 Å². The van der Waals surface area contributed by atoms with Gasteiger partial charge in [0.15, 0.2) is 0 Å². The van der Waals surface area contributed by atoms with Crippen molar-refractivity contribution in [1.82, 2.24) is 15.1 Å². The number of carbonyl (C=O) groups excluding carboxylic acids is 3. The van der Waals surface area contributed by atoms with E-state index in [4.69, 9.17) is 5.26 Å². The number of amides is 3. The van der Waals surface area contributed by atoms with Crippen molar-refractivity contribution in [2.45, 2.75) is 25.8 Å². The van der Waals surface area contributed by atoms with Gasteiger partial charge in [-0.1, -0.05) is 6.92 Å². The molecule has 1 aliphatic heterocycles. The van der Waals surface area contributed by atoms with E-state index < -0.39 is 6.04 Å². The molecule has 1 atom stereocenters. The summed E-state index contributed by atoms with van der Waals surface area (Å²) < 4.78 is 0. The molecule has 104 valence electrons. The topological polar surface area (TPSA) is 93.5 Å². The number of carbonyl (C=O) groups is 3. The molecule has 1 aliphatic rings. The summed E-state index contributed by atoms with van der Waals surface area (Å²) in [6, 6.07) is 1.51. The zero-order valence-electron chi connectivity index (χ0n) is 11.2. The minimum Gasteiger partial charge on any atom is -0.344 e. The van der Waals surface area contributed by atoms with E-state index >= 15 is 0 Å². The van der Waals surface area contributed by atoms with Crippen LogP contribution in [0.5, 0.6) is 0 Å². The van der Waals surface area contributed by atoms with E-state index in [0.29, 0.717) is 13.0 Å². The molecular weight excluding hydrogens is 248 g/mol.